The molecule has 1 saturated heterocycles. The van der Waals surface area contributed by atoms with Gasteiger partial charge in [-0.1, -0.05) is 48.5 Å². The third-order valence-corrected chi connectivity index (χ3v) is 5.32. The van der Waals surface area contributed by atoms with Gasteiger partial charge in [0.15, 0.2) is 0 Å². The molecule has 0 aliphatic carbocycles. The molecule has 4 rings (SSSR count). The molecule has 3 aromatic carbocycles. The van der Waals surface area contributed by atoms with Gasteiger partial charge in [-0.05, 0) is 57.4 Å². The van der Waals surface area contributed by atoms with Gasteiger partial charge in [0.25, 0.3) is 11.8 Å². The van der Waals surface area contributed by atoms with Crippen molar-refractivity contribution in [1.29, 1.82) is 0 Å². The molecule has 0 aromatic heterocycles. The molecule has 1 heterocycles. The second-order valence-corrected chi connectivity index (χ2v) is 7.73. The van der Waals surface area contributed by atoms with Crippen molar-refractivity contribution in [2.45, 2.75) is 6.61 Å². The summed E-state index contributed by atoms with van der Waals surface area (Å²) >= 11 is 3.43. The van der Waals surface area contributed by atoms with Crippen LogP contribution in [-0.4, -0.2) is 17.8 Å². The van der Waals surface area contributed by atoms with Crippen LogP contribution >= 0.6 is 15.9 Å². The lowest BCUT2D eigenvalue weighted by Gasteiger charge is -2.26. The molecule has 3 aromatic rings. The van der Waals surface area contributed by atoms with Crippen LogP contribution in [0.1, 0.15) is 11.1 Å². The third kappa shape index (κ3) is 4.45. The number of nitrogens with one attached hydrogen (secondary N) is 1. The topological polar surface area (TPSA) is 75.7 Å². The molecule has 0 radical (unpaired) electrons. The van der Waals surface area contributed by atoms with Crippen molar-refractivity contribution >= 4 is 45.5 Å². The zero-order chi connectivity index (χ0) is 22.7. The van der Waals surface area contributed by atoms with E-state index in [0.29, 0.717) is 27.3 Å². The quantitative estimate of drug-likeness (QED) is 0.407. The number of nitrogens with zero attached hydrogens (tertiary/aromatic N) is 1. The summed E-state index contributed by atoms with van der Waals surface area (Å²) < 4.78 is 20.6. The molecule has 160 valence electrons. The Morgan fingerprint density at radius 1 is 0.969 bits per heavy atom. The van der Waals surface area contributed by atoms with Crippen molar-refractivity contribution < 1.29 is 23.5 Å². The van der Waals surface area contributed by atoms with Crippen LogP contribution in [-0.2, 0) is 16.2 Å². The Balaban J connectivity index is 1.58. The van der Waals surface area contributed by atoms with E-state index in [1.807, 2.05) is 30.3 Å². The highest BCUT2D eigenvalue weighted by atomic mass is 79.9. The summed E-state index contributed by atoms with van der Waals surface area (Å²) in [7, 11) is 0. The van der Waals surface area contributed by atoms with E-state index >= 15 is 0 Å². The highest BCUT2D eigenvalue weighted by Crippen LogP contribution is 2.29. The van der Waals surface area contributed by atoms with E-state index in [1.165, 1.54) is 24.3 Å². The van der Waals surface area contributed by atoms with Crippen LogP contribution in [0.2, 0.25) is 0 Å². The van der Waals surface area contributed by atoms with Gasteiger partial charge >= 0.3 is 6.03 Å². The summed E-state index contributed by atoms with van der Waals surface area (Å²) in [5, 5.41) is 2.08. The Morgan fingerprint density at radius 3 is 2.41 bits per heavy atom. The Labute approximate surface area is 191 Å². The number of carbonyl (C=O) groups is 3. The van der Waals surface area contributed by atoms with Crippen LogP contribution in [0.25, 0.3) is 6.08 Å². The maximum Gasteiger partial charge on any atom is 0.336 e. The predicted molar refractivity (Wildman–Crippen MR) is 120 cm³/mol. The normalized spacial score (nSPS) is 15.1. The number of hydrogen-bond acceptors (Lipinski definition) is 4. The fourth-order valence-corrected chi connectivity index (χ4v) is 3.65. The number of para-hydroxylation sites is 1. The van der Waals surface area contributed by atoms with E-state index in [4.69, 9.17) is 4.74 Å². The number of carbonyl (C=O) groups excluding carboxylic acids is 3. The highest BCUT2D eigenvalue weighted by Gasteiger charge is 2.37. The first-order valence-electron chi connectivity index (χ1n) is 9.56. The molecule has 0 spiro atoms. The van der Waals surface area contributed by atoms with Gasteiger partial charge in [0.1, 0.15) is 23.7 Å². The van der Waals surface area contributed by atoms with Crippen LogP contribution in [0.3, 0.4) is 0 Å². The van der Waals surface area contributed by atoms with Gasteiger partial charge in [-0.3, -0.25) is 14.9 Å². The predicted octanol–water partition coefficient (Wildman–Crippen LogP) is 4.83. The smallest absolute Gasteiger partial charge is 0.336 e. The number of barbiturate groups is 1. The molecule has 1 aliphatic rings. The standard InChI is InChI=1S/C24H16BrFN2O4/c25-18-13-16(10-11-21(18)32-14-15-6-2-1-3-7-15)12-17-22(29)27-24(31)28(23(17)30)20-9-5-4-8-19(20)26/h1-13H,14H2,(H,27,29,31)/b17-12-. The van der Waals surface area contributed by atoms with Gasteiger partial charge in [0.05, 0.1) is 10.2 Å². The Kier molecular flexibility index (Phi) is 6.13. The van der Waals surface area contributed by atoms with Crippen LogP contribution in [0, 0.1) is 5.82 Å². The zero-order valence-corrected chi connectivity index (χ0v) is 18.1. The van der Waals surface area contributed by atoms with Gasteiger partial charge in [0.2, 0.25) is 0 Å². The molecule has 8 heteroatoms. The summed E-state index contributed by atoms with van der Waals surface area (Å²) in [5.41, 5.74) is 0.996. The summed E-state index contributed by atoms with van der Waals surface area (Å²) in [6.45, 7) is 0.375. The fourth-order valence-electron chi connectivity index (χ4n) is 3.14. The molecule has 0 atom stereocenters. The van der Waals surface area contributed by atoms with E-state index < -0.39 is 23.7 Å². The second kappa shape index (κ2) is 9.15. The fraction of sp³-hybridized carbons (Fsp3) is 0.0417. The van der Waals surface area contributed by atoms with Crippen LogP contribution < -0.4 is 15.0 Å². The zero-order valence-electron chi connectivity index (χ0n) is 16.5. The van der Waals surface area contributed by atoms with E-state index in [0.717, 1.165) is 11.6 Å². The Morgan fingerprint density at radius 2 is 1.69 bits per heavy atom. The lowest BCUT2D eigenvalue weighted by Crippen LogP contribution is -2.54. The minimum Gasteiger partial charge on any atom is -0.488 e. The number of ether oxygens (including phenoxy) is 1. The Hall–Kier alpha value is -3.78. The van der Waals surface area contributed by atoms with E-state index in [9.17, 15) is 18.8 Å². The number of anilines is 1. The minimum absolute atomic E-state index is 0.237. The van der Waals surface area contributed by atoms with Crippen molar-refractivity contribution in [3.63, 3.8) is 0 Å². The monoisotopic (exact) mass is 494 g/mol. The van der Waals surface area contributed by atoms with E-state index in [2.05, 4.69) is 21.2 Å². The molecular formula is C24H16BrFN2O4. The number of halogens is 2. The third-order valence-electron chi connectivity index (χ3n) is 4.70. The Bertz CT molecular complexity index is 1240. The first kappa shape index (κ1) is 21.5. The van der Waals surface area contributed by atoms with Gasteiger partial charge in [-0.25, -0.2) is 14.1 Å². The summed E-state index contributed by atoms with van der Waals surface area (Å²) in [6.07, 6.45) is 1.34. The molecule has 6 nitrogen and oxygen atoms in total. The van der Waals surface area contributed by atoms with E-state index in [-0.39, 0.29) is 11.3 Å². The average Bonchev–Trinajstić information content (AvgIpc) is 2.78. The molecular weight excluding hydrogens is 479 g/mol. The first-order chi connectivity index (χ1) is 15.4. The molecule has 0 unspecified atom stereocenters. The van der Waals surface area contributed by atoms with Crippen molar-refractivity contribution in [3.8, 4) is 5.75 Å². The minimum atomic E-state index is -1.01. The van der Waals surface area contributed by atoms with Crippen molar-refractivity contribution in [2.75, 3.05) is 4.90 Å². The maximum atomic E-state index is 14.2. The number of imide groups is 2. The van der Waals surface area contributed by atoms with Gasteiger partial charge in [-0.2, -0.15) is 0 Å². The SMILES string of the molecule is O=C1NC(=O)N(c2ccccc2F)C(=O)/C1=C\c1ccc(OCc2ccccc2)c(Br)c1. The number of amides is 4. The summed E-state index contributed by atoms with van der Waals surface area (Å²) in [5.74, 6) is -1.94. The van der Waals surface area contributed by atoms with Crippen molar-refractivity contribution in [1.82, 2.24) is 5.32 Å². The lowest BCUT2D eigenvalue weighted by atomic mass is 10.1. The van der Waals surface area contributed by atoms with Crippen molar-refractivity contribution in [2.24, 2.45) is 0 Å². The first-order valence-corrected chi connectivity index (χ1v) is 10.4. The molecule has 4 amide bonds. The van der Waals surface area contributed by atoms with Gasteiger partial charge in [0, 0.05) is 0 Å². The maximum absolute atomic E-state index is 14.2. The molecule has 1 N–H and O–H groups in total. The van der Waals surface area contributed by atoms with E-state index in [1.54, 1.807) is 18.2 Å². The molecule has 0 bridgehead atoms. The molecule has 1 fully saturated rings. The summed E-state index contributed by atoms with van der Waals surface area (Å²) in [6, 6.07) is 19.0. The largest absolute Gasteiger partial charge is 0.488 e. The molecule has 0 saturated carbocycles. The lowest BCUT2D eigenvalue weighted by molar-refractivity contribution is -0.122. The van der Waals surface area contributed by atoms with Crippen molar-refractivity contribution in [3.05, 3.63) is 99.8 Å². The van der Waals surface area contributed by atoms with Crippen LogP contribution in [0.15, 0.2) is 82.8 Å². The molecule has 32 heavy (non-hydrogen) atoms. The number of benzene rings is 3. The second-order valence-electron chi connectivity index (χ2n) is 6.87. The van der Waals surface area contributed by atoms with Gasteiger partial charge in [-0.15, -0.1) is 0 Å². The van der Waals surface area contributed by atoms with Gasteiger partial charge < -0.3 is 4.74 Å². The number of hydrogen-bond donors (Lipinski definition) is 1. The molecule has 1 aliphatic heterocycles. The highest BCUT2D eigenvalue weighted by molar-refractivity contribution is 9.10. The number of urea groups is 1. The number of rotatable bonds is 5. The summed E-state index contributed by atoms with van der Waals surface area (Å²) in [4.78, 5) is 38.0. The average molecular weight is 495 g/mol. The van der Waals surface area contributed by atoms with Crippen LogP contribution in [0.5, 0.6) is 5.75 Å². The van der Waals surface area contributed by atoms with Crippen LogP contribution in [0.4, 0.5) is 14.9 Å².